The minimum Gasteiger partial charge on any atom is -0.438 e. The Labute approximate surface area is 182 Å². The quantitative estimate of drug-likeness (QED) is 0.303. The summed E-state index contributed by atoms with van der Waals surface area (Å²) in [6, 6.07) is 17.7. The highest BCUT2D eigenvalue weighted by Gasteiger charge is 2.40. The van der Waals surface area contributed by atoms with E-state index in [0.717, 1.165) is 36.1 Å². The van der Waals surface area contributed by atoms with Crippen molar-refractivity contribution in [2.24, 2.45) is 0 Å². The summed E-state index contributed by atoms with van der Waals surface area (Å²) >= 11 is 0. The van der Waals surface area contributed by atoms with Crippen LogP contribution in [0.15, 0.2) is 68.8 Å². The highest BCUT2D eigenvalue weighted by atomic mass is 32.2. The fourth-order valence-electron chi connectivity index (χ4n) is 5.03. The fourth-order valence-corrected chi connectivity index (χ4v) is 6.84. The molecule has 0 spiro atoms. The number of sulfone groups is 1. The zero-order valence-electron chi connectivity index (χ0n) is 17.6. The van der Waals surface area contributed by atoms with Crippen LogP contribution in [0.4, 0.5) is 17.3 Å². The maximum atomic E-state index is 13.8. The molecule has 1 aliphatic carbocycles. The van der Waals surface area contributed by atoms with Crippen LogP contribution in [-0.2, 0) is 22.7 Å². The molecule has 0 saturated carbocycles. The average molecular weight is 430 g/mol. The molecule has 156 valence electrons. The van der Waals surface area contributed by atoms with Gasteiger partial charge < -0.3 is 4.42 Å². The van der Waals surface area contributed by atoms with Crippen molar-refractivity contribution in [3.05, 3.63) is 76.9 Å². The second-order valence-electron chi connectivity index (χ2n) is 8.67. The molecule has 2 heterocycles. The highest BCUT2D eigenvalue weighted by Crippen LogP contribution is 2.53. The van der Waals surface area contributed by atoms with E-state index in [0.29, 0.717) is 27.4 Å². The highest BCUT2D eigenvalue weighted by molar-refractivity contribution is 7.92. The molecule has 2 aliphatic rings. The molecule has 4 nitrogen and oxygen atoms in total. The van der Waals surface area contributed by atoms with Crippen molar-refractivity contribution in [2.45, 2.75) is 49.3 Å². The van der Waals surface area contributed by atoms with Gasteiger partial charge in [-0.1, -0.05) is 29.8 Å². The third kappa shape index (κ3) is 2.62. The van der Waals surface area contributed by atoms with Crippen LogP contribution in [0.5, 0.6) is 0 Å². The fraction of sp³-hybridized carbons (Fsp3) is 0.231. The molecule has 0 N–H and O–H groups in total. The van der Waals surface area contributed by atoms with E-state index in [1.165, 1.54) is 17.5 Å². The van der Waals surface area contributed by atoms with Gasteiger partial charge in [0.2, 0.25) is 15.7 Å². The van der Waals surface area contributed by atoms with Gasteiger partial charge >= 0.3 is 0 Å². The van der Waals surface area contributed by atoms with Gasteiger partial charge in [0.05, 0.1) is 16.3 Å². The first-order valence-corrected chi connectivity index (χ1v) is 12.2. The summed E-state index contributed by atoms with van der Waals surface area (Å²) in [5, 5.41) is 0.650. The molecule has 3 aromatic carbocycles. The second-order valence-corrected chi connectivity index (χ2v) is 10.5. The standard InChI is InChI=1S/C26H23NO3S/c1-16-11-13-23-20(14-16)25-26(30-23)27(21-9-5-7-18-6-3-4-8-19(18)21)22-12-10-17(2)15-24(22)31(25,28)29/h5,7,9-15H,3-4,6,8H2,1-2H3. The molecular formula is C26H23NO3S. The number of fused-ring (bicyclic) bond motifs is 5. The molecule has 4 aromatic rings. The van der Waals surface area contributed by atoms with E-state index in [-0.39, 0.29) is 4.90 Å². The first-order valence-electron chi connectivity index (χ1n) is 10.7. The van der Waals surface area contributed by atoms with E-state index >= 15 is 0 Å². The van der Waals surface area contributed by atoms with Crippen LogP contribution in [-0.4, -0.2) is 8.42 Å². The minimum absolute atomic E-state index is 0.276. The van der Waals surface area contributed by atoms with E-state index < -0.39 is 9.84 Å². The summed E-state index contributed by atoms with van der Waals surface area (Å²) in [7, 11) is -3.72. The third-order valence-electron chi connectivity index (χ3n) is 6.51. The van der Waals surface area contributed by atoms with Gasteiger partial charge in [-0.3, -0.25) is 4.90 Å². The van der Waals surface area contributed by atoms with Gasteiger partial charge in [0.15, 0.2) is 0 Å². The molecule has 1 aromatic heterocycles. The molecule has 0 bridgehead atoms. The first-order chi connectivity index (χ1) is 14.9. The molecule has 0 saturated heterocycles. The smallest absolute Gasteiger partial charge is 0.225 e. The number of rotatable bonds is 1. The van der Waals surface area contributed by atoms with E-state index in [1.807, 2.05) is 49.1 Å². The van der Waals surface area contributed by atoms with Crippen LogP contribution in [0, 0.1) is 13.8 Å². The van der Waals surface area contributed by atoms with Crippen molar-refractivity contribution in [3.8, 4) is 0 Å². The minimum atomic E-state index is -3.72. The molecule has 0 fully saturated rings. The maximum Gasteiger partial charge on any atom is 0.225 e. The summed E-state index contributed by atoms with van der Waals surface area (Å²) in [6.45, 7) is 3.90. The predicted octanol–water partition coefficient (Wildman–Crippen LogP) is 6.54. The number of aryl methyl sites for hydroxylation is 3. The number of anilines is 3. The molecule has 1 aliphatic heterocycles. The van der Waals surface area contributed by atoms with Gasteiger partial charge in [-0.05, 0) is 86.6 Å². The number of benzene rings is 3. The van der Waals surface area contributed by atoms with Gasteiger partial charge in [0, 0.05) is 5.39 Å². The molecule has 0 atom stereocenters. The largest absolute Gasteiger partial charge is 0.438 e. The number of hydrogen-bond donors (Lipinski definition) is 0. The zero-order chi connectivity index (χ0) is 21.3. The van der Waals surface area contributed by atoms with Crippen molar-refractivity contribution >= 4 is 38.1 Å². The topological polar surface area (TPSA) is 50.5 Å². The molecule has 0 amide bonds. The Morgan fingerprint density at radius 2 is 1.65 bits per heavy atom. The number of furan rings is 1. The Balaban J connectivity index is 1.74. The lowest BCUT2D eigenvalue weighted by Gasteiger charge is -2.32. The zero-order valence-corrected chi connectivity index (χ0v) is 18.4. The predicted molar refractivity (Wildman–Crippen MR) is 122 cm³/mol. The Morgan fingerprint density at radius 3 is 2.52 bits per heavy atom. The monoisotopic (exact) mass is 429 g/mol. The number of hydrogen-bond acceptors (Lipinski definition) is 4. The first kappa shape index (κ1) is 18.7. The lowest BCUT2D eigenvalue weighted by atomic mass is 9.90. The van der Waals surface area contributed by atoms with Gasteiger partial charge in [0.25, 0.3) is 0 Å². The van der Waals surface area contributed by atoms with Crippen LogP contribution in [0.3, 0.4) is 0 Å². The average Bonchev–Trinajstić information content (AvgIpc) is 3.14. The Morgan fingerprint density at radius 1 is 0.871 bits per heavy atom. The van der Waals surface area contributed by atoms with E-state index in [4.69, 9.17) is 4.42 Å². The maximum absolute atomic E-state index is 13.8. The van der Waals surface area contributed by atoms with Gasteiger partial charge in [0.1, 0.15) is 10.5 Å². The lowest BCUT2D eigenvalue weighted by molar-refractivity contribution is 0.580. The summed E-state index contributed by atoms with van der Waals surface area (Å²) < 4.78 is 33.9. The normalized spacial score (nSPS) is 16.6. The van der Waals surface area contributed by atoms with E-state index in [9.17, 15) is 8.42 Å². The number of nitrogens with zero attached hydrogens (tertiary/aromatic N) is 1. The van der Waals surface area contributed by atoms with Crippen LogP contribution in [0.1, 0.15) is 35.1 Å². The van der Waals surface area contributed by atoms with Crippen molar-refractivity contribution in [1.82, 2.24) is 0 Å². The molecular weight excluding hydrogens is 406 g/mol. The summed E-state index contributed by atoms with van der Waals surface area (Å²) in [5.41, 5.74) is 6.84. The van der Waals surface area contributed by atoms with Crippen LogP contribution in [0.25, 0.3) is 11.0 Å². The third-order valence-corrected chi connectivity index (χ3v) is 8.35. The van der Waals surface area contributed by atoms with Crippen molar-refractivity contribution in [3.63, 3.8) is 0 Å². The van der Waals surface area contributed by atoms with Gasteiger partial charge in [-0.15, -0.1) is 0 Å². The van der Waals surface area contributed by atoms with E-state index in [2.05, 4.69) is 18.2 Å². The Bertz CT molecular complexity index is 1480. The summed E-state index contributed by atoms with van der Waals surface area (Å²) in [5.74, 6) is 0.399. The van der Waals surface area contributed by atoms with E-state index in [1.54, 1.807) is 6.07 Å². The van der Waals surface area contributed by atoms with Gasteiger partial charge in [-0.2, -0.15) is 0 Å². The van der Waals surface area contributed by atoms with Crippen molar-refractivity contribution in [2.75, 3.05) is 4.90 Å². The second kappa shape index (κ2) is 6.47. The Kier molecular flexibility index (Phi) is 3.90. The summed E-state index contributed by atoms with van der Waals surface area (Å²) in [4.78, 5) is 2.65. The van der Waals surface area contributed by atoms with Crippen molar-refractivity contribution in [1.29, 1.82) is 0 Å². The lowest BCUT2D eigenvalue weighted by Crippen LogP contribution is -2.23. The van der Waals surface area contributed by atoms with Crippen molar-refractivity contribution < 1.29 is 12.8 Å². The molecule has 5 heteroatoms. The SMILES string of the molecule is Cc1ccc2c(c1)S(=O)(=O)c1c(oc3ccc(C)cc13)N2c1cccc2c1CCCC2. The molecule has 0 radical (unpaired) electrons. The Hall–Kier alpha value is -3.05. The molecule has 6 rings (SSSR count). The van der Waals surface area contributed by atoms with Crippen LogP contribution in [0.2, 0.25) is 0 Å². The molecule has 0 unspecified atom stereocenters. The summed E-state index contributed by atoms with van der Waals surface area (Å²) in [6.07, 6.45) is 4.38. The van der Waals surface area contributed by atoms with Gasteiger partial charge in [-0.25, -0.2) is 8.42 Å². The van der Waals surface area contributed by atoms with Crippen LogP contribution < -0.4 is 4.90 Å². The van der Waals surface area contributed by atoms with Crippen LogP contribution >= 0.6 is 0 Å². The molecule has 31 heavy (non-hydrogen) atoms.